The van der Waals surface area contributed by atoms with Crippen LogP contribution in [-0.2, 0) is 0 Å². The first-order valence-corrected chi connectivity index (χ1v) is 6.98. The first kappa shape index (κ1) is 14.4. The minimum atomic E-state index is -0.288. The summed E-state index contributed by atoms with van der Waals surface area (Å²) in [6.45, 7) is 2.32. The van der Waals surface area contributed by atoms with E-state index in [4.69, 9.17) is 5.73 Å². The molecule has 0 saturated heterocycles. The molecular formula is C15H15BrN2O2. The molecule has 20 heavy (non-hydrogen) atoms. The Labute approximate surface area is 126 Å². The van der Waals surface area contributed by atoms with E-state index in [-0.39, 0.29) is 17.2 Å². The van der Waals surface area contributed by atoms with E-state index >= 15 is 0 Å². The summed E-state index contributed by atoms with van der Waals surface area (Å²) in [6.07, 6.45) is 0. The molecule has 0 aliphatic heterocycles. The second-order valence-corrected chi connectivity index (χ2v) is 5.19. The summed E-state index contributed by atoms with van der Waals surface area (Å²) in [6, 6.07) is 11.9. The Bertz CT molecular complexity index is 644. The molecule has 2 rings (SSSR count). The van der Waals surface area contributed by atoms with Crippen LogP contribution in [0.2, 0.25) is 0 Å². The first-order chi connectivity index (χ1) is 9.54. The third-order valence-corrected chi connectivity index (χ3v) is 3.47. The highest BCUT2D eigenvalue weighted by Gasteiger charge is 2.20. The molecule has 2 aromatic carbocycles. The number of para-hydroxylation sites is 2. The Morgan fingerprint density at radius 1 is 1.30 bits per heavy atom. The number of phenolic OH excluding ortho intramolecular Hbond substituents is 1. The number of nitrogens with two attached hydrogens (primary N) is 1. The Morgan fingerprint density at radius 3 is 2.65 bits per heavy atom. The van der Waals surface area contributed by atoms with E-state index in [2.05, 4.69) is 15.9 Å². The van der Waals surface area contributed by atoms with E-state index in [1.54, 1.807) is 24.3 Å². The van der Waals surface area contributed by atoms with Gasteiger partial charge in [-0.1, -0.05) is 28.1 Å². The molecule has 0 unspecified atom stereocenters. The zero-order valence-corrected chi connectivity index (χ0v) is 12.6. The van der Waals surface area contributed by atoms with Crippen molar-refractivity contribution >= 4 is 33.2 Å². The molecule has 1 amide bonds. The molecule has 3 N–H and O–H groups in total. The van der Waals surface area contributed by atoms with E-state index in [1.807, 2.05) is 19.1 Å². The maximum absolute atomic E-state index is 12.6. The molecule has 5 heteroatoms. The van der Waals surface area contributed by atoms with Gasteiger partial charge in [-0.3, -0.25) is 4.79 Å². The fraction of sp³-hybridized carbons (Fsp3) is 0.133. The zero-order valence-electron chi connectivity index (χ0n) is 11.0. The highest BCUT2D eigenvalue weighted by Crippen LogP contribution is 2.28. The molecule has 0 atom stereocenters. The fourth-order valence-corrected chi connectivity index (χ4v) is 2.34. The van der Waals surface area contributed by atoms with Crippen LogP contribution < -0.4 is 10.6 Å². The summed E-state index contributed by atoms with van der Waals surface area (Å²) in [4.78, 5) is 14.1. The lowest BCUT2D eigenvalue weighted by Gasteiger charge is -2.23. The lowest BCUT2D eigenvalue weighted by Crippen LogP contribution is -2.31. The molecule has 4 nitrogen and oxygen atoms in total. The van der Waals surface area contributed by atoms with Gasteiger partial charge in [0.25, 0.3) is 5.91 Å². The Kier molecular flexibility index (Phi) is 4.29. The second-order valence-electron chi connectivity index (χ2n) is 4.27. The molecule has 0 heterocycles. The number of aromatic hydroxyl groups is 1. The summed E-state index contributed by atoms with van der Waals surface area (Å²) < 4.78 is 0.732. The van der Waals surface area contributed by atoms with E-state index in [1.165, 1.54) is 11.0 Å². The van der Waals surface area contributed by atoms with Gasteiger partial charge in [0.15, 0.2) is 0 Å². The first-order valence-electron chi connectivity index (χ1n) is 6.19. The summed E-state index contributed by atoms with van der Waals surface area (Å²) in [5.74, 6) is -0.338. The summed E-state index contributed by atoms with van der Waals surface area (Å²) in [7, 11) is 0. The maximum atomic E-state index is 12.6. The zero-order chi connectivity index (χ0) is 14.7. The van der Waals surface area contributed by atoms with Crippen molar-refractivity contribution in [2.75, 3.05) is 17.2 Å². The molecule has 0 bridgehead atoms. The lowest BCUT2D eigenvalue weighted by atomic mass is 10.1. The summed E-state index contributed by atoms with van der Waals surface area (Å²) in [5, 5.41) is 9.87. The Hall–Kier alpha value is -2.01. The molecule has 0 aliphatic carbocycles. The van der Waals surface area contributed by atoms with Gasteiger partial charge < -0.3 is 15.7 Å². The number of nitrogens with zero attached hydrogens (tertiary/aromatic N) is 1. The molecule has 0 fully saturated rings. The van der Waals surface area contributed by atoms with Crippen LogP contribution in [0.5, 0.6) is 5.75 Å². The van der Waals surface area contributed by atoms with Gasteiger partial charge in [-0.25, -0.2) is 0 Å². The number of anilines is 2. The molecule has 0 radical (unpaired) electrons. The second kappa shape index (κ2) is 5.96. The van der Waals surface area contributed by atoms with Crippen molar-refractivity contribution < 1.29 is 9.90 Å². The van der Waals surface area contributed by atoms with Crippen LogP contribution in [0, 0.1) is 0 Å². The number of carbonyl (C=O) groups is 1. The van der Waals surface area contributed by atoms with Crippen molar-refractivity contribution in [2.45, 2.75) is 6.92 Å². The van der Waals surface area contributed by atoms with E-state index < -0.39 is 0 Å². The summed E-state index contributed by atoms with van der Waals surface area (Å²) in [5.41, 5.74) is 7.32. The molecule has 2 aromatic rings. The van der Waals surface area contributed by atoms with Crippen molar-refractivity contribution in [3.8, 4) is 5.75 Å². The van der Waals surface area contributed by atoms with Gasteiger partial charge >= 0.3 is 0 Å². The molecule has 0 saturated carbocycles. The van der Waals surface area contributed by atoms with Crippen molar-refractivity contribution in [1.29, 1.82) is 0 Å². The van der Waals surface area contributed by atoms with Crippen LogP contribution in [0.3, 0.4) is 0 Å². The fourth-order valence-electron chi connectivity index (χ4n) is 1.98. The van der Waals surface area contributed by atoms with E-state index in [9.17, 15) is 9.90 Å². The van der Waals surface area contributed by atoms with Gasteiger partial charge in [0.2, 0.25) is 0 Å². The standard InChI is InChI=1S/C15H15BrN2O2/c1-2-18(13-6-4-3-5-12(13)17)15(20)11-9-10(16)7-8-14(11)19/h3-9,19H,2,17H2,1H3. The Morgan fingerprint density at radius 2 is 2.00 bits per heavy atom. The number of nitrogen functional groups attached to an aromatic ring is 1. The van der Waals surface area contributed by atoms with Crippen molar-refractivity contribution in [3.05, 3.63) is 52.5 Å². The highest BCUT2D eigenvalue weighted by atomic mass is 79.9. The average molecular weight is 335 g/mol. The predicted molar refractivity (Wildman–Crippen MR) is 84.0 cm³/mol. The molecule has 0 aromatic heterocycles. The van der Waals surface area contributed by atoms with Gasteiger partial charge in [-0.05, 0) is 37.3 Å². The largest absolute Gasteiger partial charge is 0.507 e. The smallest absolute Gasteiger partial charge is 0.262 e. The number of halogens is 1. The average Bonchev–Trinajstić information content (AvgIpc) is 2.44. The SMILES string of the molecule is CCN(C(=O)c1cc(Br)ccc1O)c1ccccc1N. The number of hydrogen-bond acceptors (Lipinski definition) is 3. The van der Waals surface area contributed by atoms with E-state index in [0.29, 0.717) is 17.9 Å². The lowest BCUT2D eigenvalue weighted by molar-refractivity contribution is 0.0986. The Balaban J connectivity index is 2.45. The number of rotatable bonds is 3. The molecule has 0 spiro atoms. The van der Waals surface area contributed by atoms with Crippen LogP contribution in [0.1, 0.15) is 17.3 Å². The maximum Gasteiger partial charge on any atom is 0.262 e. The summed E-state index contributed by atoms with van der Waals surface area (Å²) >= 11 is 3.30. The van der Waals surface area contributed by atoms with Gasteiger partial charge in [0.05, 0.1) is 16.9 Å². The molecule has 104 valence electrons. The van der Waals surface area contributed by atoms with Crippen LogP contribution in [0.4, 0.5) is 11.4 Å². The minimum Gasteiger partial charge on any atom is -0.507 e. The normalized spacial score (nSPS) is 10.3. The third kappa shape index (κ3) is 2.77. The van der Waals surface area contributed by atoms with Gasteiger partial charge in [-0.2, -0.15) is 0 Å². The number of phenols is 1. The minimum absolute atomic E-state index is 0.0499. The van der Waals surface area contributed by atoms with Crippen molar-refractivity contribution in [2.24, 2.45) is 0 Å². The predicted octanol–water partition coefficient (Wildman–Crippen LogP) is 3.40. The molecule has 0 aliphatic rings. The monoisotopic (exact) mass is 334 g/mol. The number of carbonyl (C=O) groups excluding carboxylic acids is 1. The topological polar surface area (TPSA) is 66.6 Å². The number of benzene rings is 2. The van der Waals surface area contributed by atoms with E-state index in [0.717, 1.165) is 4.47 Å². The number of amides is 1. The number of hydrogen-bond donors (Lipinski definition) is 2. The molecular weight excluding hydrogens is 320 g/mol. The van der Waals surface area contributed by atoms with Gasteiger partial charge in [0, 0.05) is 11.0 Å². The van der Waals surface area contributed by atoms with Crippen LogP contribution in [0.15, 0.2) is 46.9 Å². The van der Waals surface area contributed by atoms with Crippen LogP contribution >= 0.6 is 15.9 Å². The van der Waals surface area contributed by atoms with Crippen LogP contribution in [-0.4, -0.2) is 17.6 Å². The van der Waals surface area contributed by atoms with Crippen molar-refractivity contribution in [3.63, 3.8) is 0 Å². The third-order valence-electron chi connectivity index (χ3n) is 2.98. The van der Waals surface area contributed by atoms with Gasteiger partial charge in [-0.15, -0.1) is 0 Å². The quantitative estimate of drug-likeness (QED) is 0.845. The van der Waals surface area contributed by atoms with Crippen molar-refractivity contribution in [1.82, 2.24) is 0 Å². The van der Waals surface area contributed by atoms with Crippen LogP contribution in [0.25, 0.3) is 0 Å². The van der Waals surface area contributed by atoms with Gasteiger partial charge in [0.1, 0.15) is 5.75 Å². The highest BCUT2D eigenvalue weighted by molar-refractivity contribution is 9.10.